The Balaban J connectivity index is 1.83. The Morgan fingerprint density at radius 1 is 1.24 bits per heavy atom. The van der Waals surface area contributed by atoms with Gasteiger partial charge in [-0.2, -0.15) is 5.10 Å². The van der Waals surface area contributed by atoms with Gasteiger partial charge in [0.2, 0.25) is 17.2 Å². The van der Waals surface area contributed by atoms with Crippen molar-refractivity contribution in [3.63, 3.8) is 0 Å². The molecule has 1 aliphatic carbocycles. The maximum Gasteiger partial charge on any atom is 0.248 e. The molecule has 4 rings (SSSR count). The lowest BCUT2D eigenvalue weighted by Crippen LogP contribution is -2.29. The van der Waals surface area contributed by atoms with Crippen LogP contribution in [0.2, 0.25) is 0 Å². The van der Waals surface area contributed by atoms with Crippen LogP contribution in [0.5, 0.6) is 5.88 Å². The van der Waals surface area contributed by atoms with E-state index in [1.807, 2.05) is 52.8 Å². The third-order valence-corrected chi connectivity index (χ3v) is 6.24. The fraction of sp³-hybridized carbons (Fsp3) is 0.462. The average molecular weight is 469 g/mol. The minimum absolute atomic E-state index is 0.0113. The summed E-state index contributed by atoms with van der Waals surface area (Å²) >= 11 is 0. The van der Waals surface area contributed by atoms with Gasteiger partial charge in [-0.3, -0.25) is 9.48 Å². The molecule has 0 bridgehead atoms. The predicted octanol–water partition coefficient (Wildman–Crippen LogP) is 5.90. The Kier molecular flexibility index (Phi) is 6.51. The number of alkyl halides is 2. The van der Waals surface area contributed by atoms with Crippen molar-refractivity contribution in [2.24, 2.45) is 0 Å². The highest BCUT2D eigenvalue weighted by atomic mass is 19.3. The Bertz CT molecular complexity index is 1300. The van der Waals surface area contributed by atoms with E-state index in [0.29, 0.717) is 35.3 Å². The van der Waals surface area contributed by atoms with Crippen molar-refractivity contribution in [2.75, 3.05) is 0 Å². The molecule has 0 saturated heterocycles. The third kappa shape index (κ3) is 5.00. The first kappa shape index (κ1) is 24.0. The summed E-state index contributed by atoms with van der Waals surface area (Å²) in [6.07, 6.45) is 3.71. The van der Waals surface area contributed by atoms with E-state index in [2.05, 4.69) is 9.97 Å². The molecule has 6 nitrogen and oxygen atoms in total. The molecule has 180 valence electrons. The van der Waals surface area contributed by atoms with Gasteiger partial charge in [-0.25, -0.2) is 18.7 Å². The van der Waals surface area contributed by atoms with Crippen LogP contribution in [-0.2, 0) is 0 Å². The monoisotopic (exact) mass is 468 g/mol. The molecular weight excluding hydrogens is 438 g/mol. The minimum atomic E-state index is -2.65. The number of aromatic nitrogens is 4. The average Bonchev–Trinajstić information content (AvgIpc) is 2.75. The SMILES string of the molecule is C/C(=C\c1ccnc(OC(C)C)c1)c1nn(C2CCC(F)(F)CC2)c2cc(C)c(C)nc2c1=O. The number of ether oxygens (including phenoxy) is 1. The summed E-state index contributed by atoms with van der Waals surface area (Å²) in [5.41, 5.74) is 4.08. The van der Waals surface area contributed by atoms with E-state index in [0.717, 1.165) is 16.8 Å². The zero-order valence-electron chi connectivity index (χ0n) is 20.2. The maximum atomic E-state index is 13.8. The molecule has 0 N–H and O–H groups in total. The largest absolute Gasteiger partial charge is 0.475 e. The predicted molar refractivity (Wildman–Crippen MR) is 129 cm³/mol. The number of halogens is 2. The Morgan fingerprint density at radius 2 is 1.94 bits per heavy atom. The second-order valence-corrected chi connectivity index (χ2v) is 9.39. The molecule has 0 amide bonds. The summed E-state index contributed by atoms with van der Waals surface area (Å²) in [4.78, 5) is 22.2. The molecule has 0 spiro atoms. The third-order valence-electron chi connectivity index (χ3n) is 6.24. The van der Waals surface area contributed by atoms with Crippen molar-refractivity contribution in [1.82, 2.24) is 19.7 Å². The number of hydrogen-bond acceptors (Lipinski definition) is 5. The van der Waals surface area contributed by atoms with Crippen molar-refractivity contribution in [1.29, 1.82) is 0 Å². The molecule has 34 heavy (non-hydrogen) atoms. The molecule has 1 saturated carbocycles. The van der Waals surface area contributed by atoms with Crippen LogP contribution < -0.4 is 10.2 Å². The molecule has 0 atom stereocenters. The highest BCUT2D eigenvalue weighted by Gasteiger charge is 2.36. The van der Waals surface area contributed by atoms with Gasteiger partial charge in [-0.15, -0.1) is 0 Å². The van der Waals surface area contributed by atoms with Crippen LogP contribution in [0.4, 0.5) is 8.78 Å². The zero-order valence-corrected chi connectivity index (χ0v) is 20.2. The van der Waals surface area contributed by atoms with Gasteiger partial charge in [0.05, 0.1) is 17.7 Å². The van der Waals surface area contributed by atoms with Crippen LogP contribution in [0, 0.1) is 13.8 Å². The molecule has 0 radical (unpaired) electrons. The molecule has 3 heterocycles. The highest BCUT2D eigenvalue weighted by molar-refractivity contribution is 5.83. The van der Waals surface area contributed by atoms with Gasteiger partial charge in [-0.1, -0.05) is 0 Å². The van der Waals surface area contributed by atoms with Crippen LogP contribution in [-0.4, -0.2) is 31.8 Å². The summed E-state index contributed by atoms with van der Waals surface area (Å²) in [5.74, 6) is -2.15. The van der Waals surface area contributed by atoms with Crippen molar-refractivity contribution in [2.45, 2.75) is 78.4 Å². The molecule has 1 fully saturated rings. The van der Waals surface area contributed by atoms with Gasteiger partial charge in [0, 0.05) is 30.8 Å². The van der Waals surface area contributed by atoms with E-state index in [9.17, 15) is 13.6 Å². The first-order valence-corrected chi connectivity index (χ1v) is 11.6. The molecule has 0 aliphatic heterocycles. The normalized spacial score (nSPS) is 16.9. The van der Waals surface area contributed by atoms with Gasteiger partial charge in [-0.05, 0) is 82.4 Å². The molecular formula is C26H30F2N4O2. The summed E-state index contributed by atoms with van der Waals surface area (Å²) in [7, 11) is 0. The van der Waals surface area contributed by atoms with Crippen molar-refractivity contribution in [3.8, 4) is 5.88 Å². The number of fused-ring (bicyclic) bond motifs is 1. The molecule has 0 aromatic carbocycles. The summed E-state index contributed by atoms with van der Waals surface area (Å²) in [6, 6.07) is 5.30. The van der Waals surface area contributed by atoms with Crippen molar-refractivity contribution < 1.29 is 13.5 Å². The Morgan fingerprint density at radius 3 is 2.62 bits per heavy atom. The standard InChI is InChI=1S/C26H30F2N4O2/c1-15(2)34-22-14-19(8-11-29-22)12-17(4)23-25(33)24-21(13-16(3)18(5)30-24)32(31-23)20-6-9-26(27,28)10-7-20/h8,11-15,20H,6-7,9-10H2,1-5H3/b17-12+. The number of pyridine rings is 2. The van der Waals surface area contributed by atoms with Gasteiger partial charge in [0.25, 0.3) is 0 Å². The Hall–Kier alpha value is -3.16. The van der Waals surface area contributed by atoms with E-state index in [1.54, 1.807) is 16.9 Å². The van der Waals surface area contributed by atoms with E-state index in [-0.39, 0.29) is 36.1 Å². The lowest BCUT2D eigenvalue weighted by molar-refractivity contribution is -0.0447. The number of rotatable bonds is 5. The number of hydrogen-bond donors (Lipinski definition) is 0. The topological polar surface area (TPSA) is 69.9 Å². The molecule has 3 aromatic rings. The van der Waals surface area contributed by atoms with Crippen LogP contribution in [0.3, 0.4) is 0 Å². The lowest BCUT2D eigenvalue weighted by Gasteiger charge is -2.30. The van der Waals surface area contributed by atoms with Gasteiger partial charge >= 0.3 is 0 Å². The smallest absolute Gasteiger partial charge is 0.248 e. The van der Waals surface area contributed by atoms with Crippen LogP contribution >= 0.6 is 0 Å². The minimum Gasteiger partial charge on any atom is -0.475 e. The first-order chi connectivity index (χ1) is 16.0. The van der Waals surface area contributed by atoms with Crippen molar-refractivity contribution in [3.05, 3.63) is 57.1 Å². The second kappa shape index (κ2) is 9.24. The lowest BCUT2D eigenvalue weighted by atomic mass is 9.92. The van der Waals surface area contributed by atoms with E-state index in [1.165, 1.54) is 0 Å². The first-order valence-electron chi connectivity index (χ1n) is 11.6. The quantitative estimate of drug-likeness (QED) is 0.466. The molecule has 8 heteroatoms. The molecule has 3 aromatic heterocycles. The maximum absolute atomic E-state index is 13.8. The summed E-state index contributed by atoms with van der Waals surface area (Å²) in [5, 5.41) is 4.71. The van der Waals surface area contributed by atoms with Gasteiger partial charge in [0.15, 0.2) is 0 Å². The van der Waals surface area contributed by atoms with E-state index in [4.69, 9.17) is 9.84 Å². The zero-order chi connectivity index (χ0) is 24.6. The van der Waals surface area contributed by atoms with Gasteiger partial charge < -0.3 is 4.74 Å². The molecule has 1 aliphatic rings. The van der Waals surface area contributed by atoms with Crippen molar-refractivity contribution >= 4 is 22.7 Å². The Labute approximate surface area is 197 Å². The molecule has 0 unspecified atom stereocenters. The van der Waals surface area contributed by atoms with Crippen LogP contribution in [0.1, 0.15) is 75.0 Å². The summed E-state index contributed by atoms with van der Waals surface area (Å²) < 4.78 is 35.1. The highest BCUT2D eigenvalue weighted by Crippen LogP contribution is 2.39. The van der Waals surface area contributed by atoms with Crippen LogP contribution in [0.25, 0.3) is 22.7 Å². The fourth-order valence-corrected chi connectivity index (χ4v) is 4.30. The van der Waals surface area contributed by atoms with E-state index < -0.39 is 5.92 Å². The fourth-order valence-electron chi connectivity index (χ4n) is 4.30. The number of nitrogens with zero attached hydrogens (tertiary/aromatic N) is 4. The summed E-state index contributed by atoms with van der Waals surface area (Å²) in [6.45, 7) is 9.45. The second-order valence-electron chi connectivity index (χ2n) is 9.39. The van der Waals surface area contributed by atoms with Crippen LogP contribution in [0.15, 0.2) is 29.2 Å². The number of allylic oxidation sites excluding steroid dienone is 1. The number of aryl methyl sites for hydroxylation is 2. The van der Waals surface area contributed by atoms with E-state index >= 15 is 0 Å². The van der Waals surface area contributed by atoms with Gasteiger partial charge in [0.1, 0.15) is 11.2 Å².